The second-order valence-corrected chi connectivity index (χ2v) is 32.8. The summed E-state index contributed by atoms with van der Waals surface area (Å²) >= 11 is 6.30. The molecular weight excluding hydrogens is 1790 g/mol. The number of esters is 6. The maximum Gasteiger partial charge on any atom is 0.336 e. The highest BCUT2D eigenvalue weighted by molar-refractivity contribution is 6.31. The number of aromatic amines is 6. The minimum atomic E-state index is -0.677. The number of anilines is 6. The van der Waals surface area contributed by atoms with Crippen LogP contribution in [0.2, 0.25) is 5.02 Å². The monoisotopic (exact) mass is 1900 g/mol. The van der Waals surface area contributed by atoms with Crippen LogP contribution in [0.5, 0.6) is 0 Å². The van der Waals surface area contributed by atoms with Crippen molar-refractivity contribution in [2.45, 2.75) is 203 Å². The summed E-state index contributed by atoms with van der Waals surface area (Å²) in [5.74, 6) is 1.99. The van der Waals surface area contributed by atoms with Crippen LogP contribution in [0.3, 0.4) is 0 Å². The summed E-state index contributed by atoms with van der Waals surface area (Å²) < 4.78 is 62.7. The van der Waals surface area contributed by atoms with E-state index < -0.39 is 17.7 Å². The van der Waals surface area contributed by atoms with Gasteiger partial charge >= 0.3 is 35.8 Å². The molecule has 6 unspecified atom stereocenters. The fourth-order valence-electron chi connectivity index (χ4n) is 17.8. The van der Waals surface area contributed by atoms with Gasteiger partial charge in [-0.2, -0.15) is 30.6 Å². The molecule has 11 aromatic heterocycles. The van der Waals surface area contributed by atoms with Gasteiger partial charge in [0.25, 0.3) is 0 Å². The number of halogens is 2. The van der Waals surface area contributed by atoms with Crippen molar-refractivity contribution in [2.24, 2.45) is 0 Å². The van der Waals surface area contributed by atoms with Gasteiger partial charge in [-0.3, -0.25) is 40.6 Å². The van der Waals surface area contributed by atoms with Gasteiger partial charge in [0.1, 0.15) is 52.2 Å². The standard InChI is InChI=1S/C18H19ClFN3O2.2C17H20N4O2.C17H21N3O3.2C16H19N3O3/c1-3-6-13-16(18(24)25-4-2)14(10-9-21-23-17(10)22-13)15-11(19)7-5-8-12(15)20;1-3-6-13-15(17(22)23-4-2)14(11-7-5-8-18-9-11)12-10-19-21-16(12)20-13;1-3-5-13-15(17(22)23-4-2)14(11-6-8-18-9-7-11)12-10-19-21-16(12)20-13;1-4-6-13-15(17(21)22-5-2)14(11-7-8-23-10(11)3)12-9-18-20-16(12)19-13;1-3-6-11-14(16(20)21-4-2)13(12-7-5-8-22-12)10-9-17-19-15(10)18-11;1-3-5-12-14(16(20)22-4-2)13(10-6-7-21-9-10)11-8-17-19-15(11)18-12/h5,7-9,14H,3-4,6H2,1-2H3,(H2,21,22,23);5,7-10,14H,3-4,6H2,1-2H3,(H2,19,20,21);6-10,14H,3-5H2,1-2H3,(H2,19,20,21);7-9,14H,4-6H2,1-3H3,(H2,18,19,20);5,7-9,13H,3-4,6H2,1-2H3,(H2,17,18,19);6-9,13H,3-5H2,1-2H3,(H2,17,18,19). The van der Waals surface area contributed by atoms with Crippen molar-refractivity contribution < 1.29 is 74.8 Å². The third-order valence-corrected chi connectivity index (χ3v) is 23.8. The molecule has 6 atom stereocenters. The van der Waals surface area contributed by atoms with Crippen molar-refractivity contribution >= 4 is 82.3 Å². The Morgan fingerprint density at radius 1 is 0.333 bits per heavy atom. The van der Waals surface area contributed by atoms with Gasteiger partial charge in [0.2, 0.25) is 0 Å². The summed E-state index contributed by atoms with van der Waals surface area (Å²) in [5, 5.41) is 62.3. The van der Waals surface area contributed by atoms with Crippen molar-refractivity contribution in [3.05, 3.63) is 305 Å². The number of fused-ring (bicyclic) bond motifs is 6. The van der Waals surface area contributed by atoms with Crippen molar-refractivity contribution in [3.63, 3.8) is 0 Å². The minimum Gasteiger partial charge on any atom is -0.472 e. The predicted molar refractivity (Wildman–Crippen MR) is 516 cm³/mol. The number of furan rings is 3. The molecule has 0 fully saturated rings. The van der Waals surface area contributed by atoms with Gasteiger partial charge in [0.05, 0.1) is 159 Å². The lowest BCUT2D eigenvalue weighted by Crippen LogP contribution is -2.25. The van der Waals surface area contributed by atoms with E-state index in [9.17, 15) is 33.2 Å². The SMILES string of the molecule is CCCC1=C(C(=O)OCC)C(c2c(F)cccc2Cl)c2cn[nH]c2N1.CCCC1=C(C(=O)OCC)C(c2cccnc2)c2cn[nH]c2N1.CCCC1=C(C(=O)OCC)C(c2ccco2)c2cn[nH]c2N1.CCCC1=C(C(=O)OCC)C(c2ccncc2)c2cn[nH]c2N1.CCCC1=C(C(=O)OCC)C(c2ccoc2)c2cn[nH]c2N1.CCCC1=C(C(=O)OCC)C(c2ccoc2C)c2cn[nH]c2N1. The minimum absolute atomic E-state index is 0.200. The van der Waals surface area contributed by atoms with Crippen molar-refractivity contribution in [3.8, 4) is 0 Å². The molecule has 17 heterocycles. The lowest BCUT2D eigenvalue weighted by atomic mass is 9.81. The molecule has 12 N–H and O–H groups in total. The molecule has 6 aliphatic heterocycles. The average Bonchev–Trinajstić information content (AvgIpc) is 1.48. The van der Waals surface area contributed by atoms with Crippen LogP contribution in [0.1, 0.15) is 268 Å². The molecule has 0 spiro atoms. The zero-order chi connectivity index (χ0) is 97.9. The first-order valence-corrected chi connectivity index (χ1v) is 47.2. The van der Waals surface area contributed by atoms with Gasteiger partial charge in [-0.05, 0) is 153 Å². The lowest BCUT2D eigenvalue weighted by Gasteiger charge is -2.29. The molecule has 12 aromatic rings. The summed E-state index contributed by atoms with van der Waals surface area (Å²) in [6.07, 6.45) is 33.7. The Labute approximate surface area is 803 Å². The fraction of sp³-hybridized carbons (Fsp3) is 0.366. The maximum absolute atomic E-state index is 14.7. The quantitative estimate of drug-likeness (QED) is 0.0147. The fourth-order valence-corrected chi connectivity index (χ4v) is 18.1. The Hall–Kier alpha value is -15.1. The molecule has 0 saturated carbocycles. The van der Waals surface area contributed by atoms with Crippen molar-refractivity contribution in [1.82, 2.24) is 71.2 Å². The number of pyridine rings is 2. The van der Waals surface area contributed by atoms with E-state index in [1.54, 1.807) is 113 Å². The highest BCUT2D eigenvalue weighted by Gasteiger charge is 2.44. The molecule has 0 radical (unpaired) electrons. The van der Waals surface area contributed by atoms with Crippen LogP contribution in [0.25, 0.3) is 0 Å². The third-order valence-electron chi connectivity index (χ3n) is 23.4. The summed E-state index contributed by atoms with van der Waals surface area (Å²) in [6, 6.07) is 19.7. The summed E-state index contributed by atoms with van der Waals surface area (Å²) in [4.78, 5) is 84.0. The lowest BCUT2D eigenvalue weighted by molar-refractivity contribution is -0.139. The van der Waals surface area contributed by atoms with E-state index in [0.29, 0.717) is 95.7 Å². The Kier molecular flexibility index (Phi) is 35.2. The maximum atomic E-state index is 14.7. The van der Waals surface area contributed by atoms with Gasteiger partial charge < -0.3 is 73.6 Å². The second kappa shape index (κ2) is 48.4. The normalized spacial score (nSPS) is 16.8. The van der Waals surface area contributed by atoms with E-state index in [2.05, 4.69) is 138 Å². The van der Waals surface area contributed by atoms with E-state index in [0.717, 1.165) is 184 Å². The first kappa shape index (κ1) is 100. The van der Waals surface area contributed by atoms with E-state index in [1.165, 1.54) is 6.07 Å². The average molecular weight is 1910 g/mol. The number of H-pyrrole nitrogens is 6. The van der Waals surface area contributed by atoms with E-state index in [1.807, 2.05) is 90.1 Å². The number of aryl methyl sites for hydroxylation is 1. The zero-order valence-electron chi connectivity index (χ0n) is 79.6. The smallest absolute Gasteiger partial charge is 0.336 e. The largest absolute Gasteiger partial charge is 0.472 e. The third kappa shape index (κ3) is 22.3. The van der Waals surface area contributed by atoms with Crippen LogP contribution in [0.15, 0.2) is 235 Å². The number of carbonyl (C=O) groups excluding carboxylic acids is 6. The highest BCUT2D eigenvalue weighted by Crippen LogP contribution is 2.51. The van der Waals surface area contributed by atoms with Gasteiger partial charge in [0.15, 0.2) is 0 Å². The number of carbonyl (C=O) groups is 6. The van der Waals surface area contributed by atoms with Gasteiger partial charge in [0, 0.05) is 126 Å². The Bertz CT molecular complexity index is 6080. The number of hydrogen-bond acceptors (Lipinski definition) is 29. The number of ether oxygens (including phenoxy) is 6. The number of nitrogens with one attached hydrogen (secondary N) is 12. The predicted octanol–water partition coefficient (Wildman–Crippen LogP) is 20.2. The molecule has 18 rings (SSSR count). The second-order valence-electron chi connectivity index (χ2n) is 32.4. The molecule has 0 aliphatic carbocycles. The molecular formula is C101H118ClFN20O15. The van der Waals surface area contributed by atoms with Crippen LogP contribution < -0.4 is 31.9 Å². The number of allylic oxidation sites excluding steroid dienone is 6. The van der Waals surface area contributed by atoms with Crippen molar-refractivity contribution in [1.29, 1.82) is 0 Å². The molecule has 138 heavy (non-hydrogen) atoms. The summed E-state index contributed by atoms with van der Waals surface area (Å²) in [5.41, 5.74) is 18.0. The molecule has 1 aromatic carbocycles. The van der Waals surface area contributed by atoms with Crippen LogP contribution in [0.4, 0.5) is 39.3 Å². The molecule has 37 heteroatoms. The van der Waals surface area contributed by atoms with E-state index in [4.69, 9.17) is 53.3 Å². The van der Waals surface area contributed by atoms with Gasteiger partial charge in [-0.15, -0.1) is 0 Å². The van der Waals surface area contributed by atoms with Crippen LogP contribution in [-0.4, -0.2) is 147 Å². The summed E-state index contributed by atoms with van der Waals surface area (Å²) in [7, 11) is 0. The molecule has 35 nitrogen and oxygen atoms in total. The first-order valence-electron chi connectivity index (χ1n) is 46.8. The number of hydrogen-bond donors (Lipinski definition) is 12. The number of aromatic nitrogens is 14. The Balaban J connectivity index is 0.000000140. The zero-order valence-corrected chi connectivity index (χ0v) is 80.3. The molecule has 0 bridgehead atoms. The van der Waals surface area contributed by atoms with Gasteiger partial charge in [-0.25, -0.2) is 33.2 Å². The number of rotatable bonds is 30. The van der Waals surface area contributed by atoms with Gasteiger partial charge in [-0.1, -0.05) is 104 Å². The van der Waals surface area contributed by atoms with Crippen LogP contribution in [-0.2, 0) is 57.2 Å². The number of nitrogens with zero attached hydrogens (tertiary/aromatic N) is 8. The van der Waals surface area contributed by atoms with Crippen molar-refractivity contribution in [2.75, 3.05) is 71.5 Å². The summed E-state index contributed by atoms with van der Waals surface area (Å²) in [6.45, 7) is 27.1. The van der Waals surface area contributed by atoms with Crippen LogP contribution >= 0.6 is 11.6 Å². The van der Waals surface area contributed by atoms with Crippen LogP contribution in [0, 0.1) is 12.7 Å². The molecule has 6 aliphatic rings. The molecule has 726 valence electrons. The van der Waals surface area contributed by atoms with E-state index in [-0.39, 0.29) is 76.6 Å². The first-order chi connectivity index (χ1) is 67.3. The molecule has 0 saturated heterocycles. The Morgan fingerprint density at radius 2 is 0.681 bits per heavy atom. The topological polar surface area (TPSA) is 467 Å². The molecule has 0 amide bonds. The Morgan fingerprint density at radius 3 is 1.01 bits per heavy atom. The highest BCUT2D eigenvalue weighted by atomic mass is 35.5. The van der Waals surface area contributed by atoms with E-state index >= 15 is 0 Å². The number of benzene rings is 1.